The third-order valence-corrected chi connectivity index (χ3v) is 2.85. The highest BCUT2D eigenvalue weighted by molar-refractivity contribution is 6.50. The van der Waals surface area contributed by atoms with Gasteiger partial charge in [-0.15, -0.1) is 0 Å². The quantitative estimate of drug-likeness (QED) is 0.650. The van der Waals surface area contributed by atoms with Gasteiger partial charge in [-0.05, 0) is 6.07 Å². The van der Waals surface area contributed by atoms with Crippen LogP contribution in [0.25, 0.3) is 11.0 Å². The van der Waals surface area contributed by atoms with E-state index in [1.165, 1.54) is 0 Å². The number of aromatic nitrogens is 2. The lowest BCUT2D eigenvalue weighted by Crippen LogP contribution is -1.84. The van der Waals surface area contributed by atoms with E-state index in [9.17, 15) is 0 Å². The zero-order valence-corrected chi connectivity index (χ0v) is 8.53. The van der Waals surface area contributed by atoms with Gasteiger partial charge in [0, 0.05) is 12.4 Å². The number of fused-ring (bicyclic) bond motifs is 1. The van der Waals surface area contributed by atoms with Gasteiger partial charge >= 0.3 is 0 Å². The third-order valence-electron chi connectivity index (χ3n) is 1.60. The Kier molecular flexibility index (Phi) is 2.28. The van der Waals surface area contributed by atoms with Gasteiger partial charge in [0.15, 0.2) is 0 Å². The first-order valence-corrected chi connectivity index (χ1v) is 4.58. The molecule has 0 saturated heterocycles. The lowest BCUT2D eigenvalue weighted by molar-refractivity contribution is 1.29. The average Bonchev–Trinajstić information content (AvgIpc) is 2.15. The minimum Gasteiger partial charge on any atom is -0.253 e. The van der Waals surface area contributed by atoms with Crippen molar-refractivity contribution < 1.29 is 0 Å². The lowest BCUT2D eigenvalue weighted by atomic mass is 10.3. The van der Waals surface area contributed by atoms with E-state index in [0.717, 1.165) is 0 Å². The van der Waals surface area contributed by atoms with Gasteiger partial charge in [-0.2, -0.15) is 0 Å². The Morgan fingerprint density at radius 2 is 1.62 bits per heavy atom. The second-order valence-corrected chi connectivity index (χ2v) is 3.57. The molecule has 0 spiro atoms. The van der Waals surface area contributed by atoms with Crippen molar-refractivity contribution in [3.05, 3.63) is 33.5 Å². The molecule has 0 aliphatic heterocycles. The number of halogens is 3. The molecule has 2 aromatic rings. The van der Waals surface area contributed by atoms with Crippen LogP contribution in [0.15, 0.2) is 18.5 Å². The first-order valence-electron chi connectivity index (χ1n) is 3.44. The maximum absolute atomic E-state index is 5.91. The molecule has 0 bridgehead atoms. The van der Waals surface area contributed by atoms with Crippen molar-refractivity contribution >= 4 is 45.8 Å². The summed E-state index contributed by atoms with van der Waals surface area (Å²) >= 11 is 17.5. The highest BCUT2D eigenvalue weighted by Crippen LogP contribution is 2.34. The summed E-state index contributed by atoms with van der Waals surface area (Å²) < 4.78 is 0. The summed E-state index contributed by atoms with van der Waals surface area (Å²) in [4.78, 5) is 8.10. The van der Waals surface area contributed by atoms with Crippen molar-refractivity contribution in [2.75, 3.05) is 0 Å². The van der Waals surface area contributed by atoms with Crippen molar-refractivity contribution in [1.29, 1.82) is 0 Å². The molecule has 0 saturated carbocycles. The summed E-state index contributed by atoms with van der Waals surface area (Å²) in [7, 11) is 0. The smallest absolute Gasteiger partial charge is 0.109 e. The fourth-order valence-electron chi connectivity index (χ4n) is 1.02. The fourth-order valence-corrected chi connectivity index (χ4v) is 1.65. The van der Waals surface area contributed by atoms with Crippen molar-refractivity contribution in [3.63, 3.8) is 0 Å². The molecule has 1 heterocycles. The normalized spacial score (nSPS) is 10.7. The standard InChI is InChI=1S/C8H3Cl3N2/c9-4-3-5-8(7(11)6(4)10)13-2-1-12-5/h1-3H. The molecule has 0 radical (unpaired) electrons. The zero-order valence-electron chi connectivity index (χ0n) is 6.26. The lowest BCUT2D eigenvalue weighted by Gasteiger charge is -2.01. The van der Waals surface area contributed by atoms with Gasteiger partial charge < -0.3 is 0 Å². The molecule has 1 aromatic heterocycles. The van der Waals surface area contributed by atoms with Crippen LogP contribution in [0.1, 0.15) is 0 Å². The minimum atomic E-state index is 0.316. The van der Waals surface area contributed by atoms with Gasteiger partial charge in [-0.1, -0.05) is 34.8 Å². The van der Waals surface area contributed by atoms with Crippen LogP contribution in [-0.4, -0.2) is 9.97 Å². The van der Waals surface area contributed by atoms with Crippen LogP contribution < -0.4 is 0 Å². The van der Waals surface area contributed by atoms with Gasteiger partial charge in [0.05, 0.1) is 20.6 Å². The van der Waals surface area contributed by atoms with Crippen LogP contribution in [0.3, 0.4) is 0 Å². The van der Waals surface area contributed by atoms with Crippen LogP contribution in [0.5, 0.6) is 0 Å². The van der Waals surface area contributed by atoms with Gasteiger partial charge in [0.2, 0.25) is 0 Å². The molecule has 13 heavy (non-hydrogen) atoms. The molecule has 0 atom stereocenters. The first-order chi connectivity index (χ1) is 6.20. The Labute approximate surface area is 89.5 Å². The Hall–Kier alpha value is -0.570. The average molecular weight is 233 g/mol. The Balaban J connectivity index is 2.94. The van der Waals surface area contributed by atoms with Gasteiger partial charge in [0.25, 0.3) is 0 Å². The molecule has 0 aliphatic carbocycles. The van der Waals surface area contributed by atoms with Crippen LogP contribution in [0.4, 0.5) is 0 Å². The molecule has 0 unspecified atom stereocenters. The van der Waals surface area contributed by atoms with E-state index in [1.807, 2.05) is 0 Å². The van der Waals surface area contributed by atoms with E-state index >= 15 is 0 Å². The Morgan fingerprint density at radius 1 is 0.923 bits per heavy atom. The number of nitrogens with zero attached hydrogens (tertiary/aromatic N) is 2. The maximum atomic E-state index is 5.91. The summed E-state index contributed by atoms with van der Waals surface area (Å²) in [6.07, 6.45) is 3.13. The highest BCUT2D eigenvalue weighted by Gasteiger charge is 2.09. The predicted molar refractivity (Wildman–Crippen MR) is 54.6 cm³/mol. The second kappa shape index (κ2) is 3.29. The number of hydrogen-bond acceptors (Lipinski definition) is 2. The number of benzene rings is 1. The third kappa shape index (κ3) is 1.46. The molecule has 0 aliphatic rings. The van der Waals surface area contributed by atoms with Crippen LogP contribution >= 0.6 is 34.8 Å². The molecule has 0 fully saturated rings. The topological polar surface area (TPSA) is 25.8 Å². The van der Waals surface area contributed by atoms with E-state index in [-0.39, 0.29) is 0 Å². The molecule has 2 rings (SSSR count). The van der Waals surface area contributed by atoms with E-state index < -0.39 is 0 Å². The predicted octanol–water partition coefficient (Wildman–Crippen LogP) is 3.59. The summed E-state index contributed by atoms with van der Waals surface area (Å²) in [5, 5.41) is 1.05. The van der Waals surface area contributed by atoms with Gasteiger partial charge in [-0.3, -0.25) is 9.97 Å². The maximum Gasteiger partial charge on any atom is 0.109 e. The monoisotopic (exact) mass is 232 g/mol. The zero-order chi connectivity index (χ0) is 9.42. The van der Waals surface area contributed by atoms with Gasteiger partial charge in [0.1, 0.15) is 5.52 Å². The SMILES string of the molecule is Clc1cc2nccnc2c(Cl)c1Cl. The summed E-state index contributed by atoms with van der Waals surface area (Å²) in [6.45, 7) is 0. The summed E-state index contributed by atoms with van der Waals surface area (Å²) in [5.74, 6) is 0. The minimum absolute atomic E-state index is 0.316. The van der Waals surface area contributed by atoms with E-state index in [4.69, 9.17) is 34.8 Å². The highest BCUT2D eigenvalue weighted by atomic mass is 35.5. The fraction of sp³-hybridized carbons (Fsp3) is 0. The van der Waals surface area contributed by atoms with Crippen LogP contribution in [-0.2, 0) is 0 Å². The molecule has 5 heteroatoms. The molecular weight excluding hydrogens is 230 g/mol. The van der Waals surface area contributed by atoms with Crippen molar-refractivity contribution in [3.8, 4) is 0 Å². The van der Waals surface area contributed by atoms with Crippen LogP contribution in [0, 0.1) is 0 Å². The second-order valence-electron chi connectivity index (χ2n) is 2.41. The van der Waals surface area contributed by atoms with Crippen molar-refractivity contribution in [1.82, 2.24) is 9.97 Å². The number of hydrogen-bond donors (Lipinski definition) is 0. The molecular formula is C8H3Cl3N2. The van der Waals surface area contributed by atoms with E-state index in [0.29, 0.717) is 26.1 Å². The number of rotatable bonds is 0. The molecule has 2 nitrogen and oxygen atoms in total. The summed E-state index contributed by atoms with van der Waals surface area (Å²) in [6, 6.07) is 1.64. The molecule has 66 valence electrons. The van der Waals surface area contributed by atoms with Crippen molar-refractivity contribution in [2.24, 2.45) is 0 Å². The van der Waals surface area contributed by atoms with E-state index in [2.05, 4.69) is 9.97 Å². The van der Waals surface area contributed by atoms with Crippen molar-refractivity contribution in [2.45, 2.75) is 0 Å². The molecule has 1 aromatic carbocycles. The van der Waals surface area contributed by atoms with E-state index in [1.54, 1.807) is 18.5 Å². The first kappa shape index (κ1) is 9.00. The Morgan fingerprint density at radius 3 is 2.38 bits per heavy atom. The molecule has 0 N–H and O–H groups in total. The molecule has 0 amide bonds. The largest absolute Gasteiger partial charge is 0.253 e. The van der Waals surface area contributed by atoms with Gasteiger partial charge in [-0.25, -0.2) is 0 Å². The summed E-state index contributed by atoms with van der Waals surface area (Å²) in [5.41, 5.74) is 1.21. The Bertz CT molecular complexity index is 470. The van der Waals surface area contributed by atoms with Crippen LogP contribution in [0.2, 0.25) is 15.1 Å².